The van der Waals surface area contributed by atoms with E-state index in [4.69, 9.17) is 0 Å². The predicted molar refractivity (Wildman–Crippen MR) is 81.8 cm³/mol. The molecule has 6 nitrogen and oxygen atoms in total. The first-order chi connectivity index (χ1) is 10.8. The summed E-state index contributed by atoms with van der Waals surface area (Å²) in [7, 11) is 0. The number of rotatable bonds is 2. The minimum absolute atomic E-state index is 0.142. The summed E-state index contributed by atoms with van der Waals surface area (Å²) in [5.74, 6) is 0.760. The molecular formula is C16H19N5O. The lowest BCUT2D eigenvalue weighted by atomic mass is 9.91. The van der Waals surface area contributed by atoms with Crippen LogP contribution in [0.25, 0.3) is 5.69 Å². The van der Waals surface area contributed by atoms with Crippen molar-refractivity contribution < 1.29 is 4.79 Å². The number of aromatic nitrogens is 3. The van der Waals surface area contributed by atoms with Gasteiger partial charge < -0.3 is 10.2 Å². The monoisotopic (exact) mass is 297 g/mol. The van der Waals surface area contributed by atoms with E-state index in [-0.39, 0.29) is 5.91 Å². The Bertz CT molecular complexity index is 652. The Balaban J connectivity index is 1.55. The Kier molecular flexibility index (Phi) is 3.38. The van der Waals surface area contributed by atoms with Gasteiger partial charge in [0.25, 0.3) is 5.91 Å². The van der Waals surface area contributed by atoms with E-state index in [2.05, 4.69) is 20.5 Å². The second kappa shape index (κ2) is 5.53. The van der Waals surface area contributed by atoms with E-state index in [1.807, 2.05) is 24.3 Å². The fourth-order valence-electron chi connectivity index (χ4n) is 3.59. The van der Waals surface area contributed by atoms with E-state index >= 15 is 0 Å². The van der Waals surface area contributed by atoms with Crippen molar-refractivity contribution in [2.45, 2.75) is 18.9 Å². The molecule has 1 aromatic heterocycles. The quantitative estimate of drug-likeness (QED) is 0.901. The summed E-state index contributed by atoms with van der Waals surface area (Å²) in [4.78, 5) is 14.9. The Morgan fingerprint density at radius 2 is 2.09 bits per heavy atom. The Morgan fingerprint density at radius 1 is 1.23 bits per heavy atom. The zero-order chi connectivity index (χ0) is 14.9. The molecule has 22 heavy (non-hydrogen) atoms. The van der Waals surface area contributed by atoms with Crippen LogP contribution < -0.4 is 5.32 Å². The van der Waals surface area contributed by atoms with Gasteiger partial charge >= 0.3 is 0 Å². The molecule has 4 rings (SSSR count). The molecule has 2 fully saturated rings. The lowest BCUT2D eigenvalue weighted by Crippen LogP contribution is -2.48. The van der Waals surface area contributed by atoms with Crippen molar-refractivity contribution in [2.24, 2.45) is 5.92 Å². The van der Waals surface area contributed by atoms with Crippen LogP contribution in [-0.4, -0.2) is 51.5 Å². The standard InChI is InChI=1S/C16H19N5O/c22-16(20-8-1-2-13-10-17-11-15(13)20)12-3-5-14(6-4-12)21-9-7-18-19-21/h3-7,9,13,15,17H,1-2,8,10-11H2/t13-,15+/m0/s1. The number of amides is 1. The average molecular weight is 297 g/mol. The van der Waals surface area contributed by atoms with Crippen LogP contribution in [0.4, 0.5) is 0 Å². The van der Waals surface area contributed by atoms with Crippen molar-refractivity contribution in [2.75, 3.05) is 19.6 Å². The Labute approximate surface area is 129 Å². The van der Waals surface area contributed by atoms with E-state index in [1.165, 1.54) is 6.42 Å². The molecule has 0 aliphatic carbocycles. The number of hydrogen-bond acceptors (Lipinski definition) is 4. The molecule has 1 amide bonds. The number of fused-ring (bicyclic) bond motifs is 1. The van der Waals surface area contributed by atoms with Crippen molar-refractivity contribution in [1.82, 2.24) is 25.2 Å². The summed E-state index contributed by atoms with van der Waals surface area (Å²) in [5.41, 5.74) is 1.66. The third-order valence-corrected chi connectivity index (χ3v) is 4.74. The maximum Gasteiger partial charge on any atom is 0.254 e. The SMILES string of the molecule is O=C(c1ccc(-n2ccnn2)cc1)N1CCC[C@H]2CNC[C@H]21. The zero-order valence-corrected chi connectivity index (χ0v) is 12.4. The lowest BCUT2D eigenvalue weighted by Gasteiger charge is -2.37. The van der Waals surface area contributed by atoms with Gasteiger partial charge in [0.05, 0.1) is 18.1 Å². The van der Waals surface area contributed by atoms with Gasteiger partial charge in [0.1, 0.15) is 0 Å². The van der Waals surface area contributed by atoms with Crippen molar-refractivity contribution in [3.8, 4) is 5.69 Å². The number of nitrogens with one attached hydrogen (secondary N) is 1. The second-order valence-corrected chi connectivity index (χ2v) is 6.02. The molecule has 0 bridgehead atoms. The molecule has 0 unspecified atom stereocenters. The highest BCUT2D eigenvalue weighted by atomic mass is 16.2. The highest BCUT2D eigenvalue weighted by Gasteiger charge is 2.37. The molecule has 0 spiro atoms. The summed E-state index contributed by atoms with van der Waals surface area (Å²) >= 11 is 0. The number of carbonyl (C=O) groups is 1. The highest BCUT2D eigenvalue weighted by Crippen LogP contribution is 2.27. The maximum absolute atomic E-state index is 12.8. The molecule has 2 atom stereocenters. The number of nitrogens with zero attached hydrogens (tertiary/aromatic N) is 4. The van der Waals surface area contributed by atoms with E-state index in [0.717, 1.165) is 37.3 Å². The predicted octanol–water partition coefficient (Wildman–Crippen LogP) is 1.09. The summed E-state index contributed by atoms with van der Waals surface area (Å²) < 4.78 is 1.69. The summed E-state index contributed by atoms with van der Waals surface area (Å²) in [5, 5.41) is 11.2. The minimum atomic E-state index is 0.142. The van der Waals surface area contributed by atoms with Crippen molar-refractivity contribution in [3.63, 3.8) is 0 Å². The molecule has 1 N–H and O–H groups in total. The number of hydrogen-bond donors (Lipinski definition) is 1. The third-order valence-electron chi connectivity index (χ3n) is 4.74. The highest BCUT2D eigenvalue weighted by molar-refractivity contribution is 5.94. The van der Waals surface area contributed by atoms with Crippen LogP contribution >= 0.6 is 0 Å². The van der Waals surface area contributed by atoms with Gasteiger partial charge in [-0.15, -0.1) is 5.10 Å². The fraction of sp³-hybridized carbons (Fsp3) is 0.438. The average Bonchev–Trinajstić information content (AvgIpc) is 3.25. The molecule has 2 aliphatic heterocycles. The van der Waals surface area contributed by atoms with Crippen LogP contribution in [0.15, 0.2) is 36.7 Å². The van der Waals surface area contributed by atoms with Gasteiger partial charge in [0.15, 0.2) is 0 Å². The summed E-state index contributed by atoms with van der Waals surface area (Å²) in [6, 6.07) is 7.94. The topological polar surface area (TPSA) is 63.1 Å². The molecule has 3 heterocycles. The van der Waals surface area contributed by atoms with E-state index in [1.54, 1.807) is 17.1 Å². The third kappa shape index (κ3) is 2.29. The van der Waals surface area contributed by atoms with Crippen LogP contribution in [0, 0.1) is 5.92 Å². The molecule has 1 aromatic carbocycles. The molecular weight excluding hydrogens is 278 g/mol. The van der Waals surface area contributed by atoms with Gasteiger partial charge in [0.2, 0.25) is 0 Å². The normalized spacial score (nSPS) is 24.3. The van der Waals surface area contributed by atoms with Gasteiger partial charge in [0, 0.05) is 31.2 Å². The van der Waals surface area contributed by atoms with Crippen molar-refractivity contribution in [1.29, 1.82) is 0 Å². The molecule has 114 valence electrons. The number of carbonyl (C=O) groups excluding carboxylic acids is 1. The Hall–Kier alpha value is -2.21. The fourth-order valence-corrected chi connectivity index (χ4v) is 3.59. The van der Waals surface area contributed by atoms with E-state index in [9.17, 15) is 4.79 Å². The molecule has 6 heteroatoms. The summed E-state index contributed by atoms with van der Waals surface area (Å²) in [6.07, 6.45) is 5.76. The first kappa shape index (κ1) is 13.5. The van der Waals surface area contributed by atoms with Crippen LogP contribution in [0.5, 0.6) is 0 Å². The number of benzene rings is 1. The first-order valence-electron chi connectivity index (χ1n) is 7.81. The van der Waals surface area contributed by atoms with Gasteiger partial charge in [-0.1, -0.05) is 5.21 Å². The van der Waals surface area contributed by atoms with E-state index < -0.39 is 0 Å². The largest absolute Gasteiger partial charge is 0.334 e. The smallest absolute Gasteiger partial charge is 0.254 e. The van der Waals surface area contributed by atoms with Crippen LogP contribution in [0.1, 0.15) is 23.2 Å². The number of likely N-dealkylation sites (tertiary alicyclic amines) is 1. The van der Waals surface area contributed by atoms with Gasteiger partial charge in [-0.2, -0.15) is 0 Å². The maximum atomic E-state index is 12.8. The zero-order valence-electron chi connectivity index (χ0n) is 12.4. The van der Waals surface area contributed by atoms with E-state index in [0.29, 0.717) is 12.0 Å². The van der Waals surface area contributed by atoms with Crippen molar-refractivity contribution in [3.05, 3.63) is 42.2 Å². The lowest BCUT2D eigenvalue weighted by molar-refractivity contribution is 0.0575. The Morgan fingerprint density at radius 3 is 2.86 bits per heavy atom. The molecule has 2 aliphatic rings. The van der Waals surface area contributed by atoms with Crippen molar-refractivity contribution >= 4 is 5.91 Å². The van der Waals surface area contributed by atoms with Gasteiger partial charge in [-0.25, -0.2) is 4.68 Å². The second-order valence-electron chi connectivity index (χ2n) is 6.02. The molecule has 0 radical (unpaired) electrons. The van der Waals surface area contributed by atoms with Crippen LogP contribution in [0.3, 0.4) is 0 Å². The van der Waals surface area contributed by atoms with Gasteiger partial charge in [-0.05, 0) is 43.0 Å². The molecule has 0 saturated carbocycles. The molecule has 2 aromatic rings. The number of piperidine rings is 1. The van der Waals surface area contributed by atoms with Crippen LogP contribution in [-0.2, 0) is 0 Å². The van der Waals surface area contributed by atoms with Gasteiger partial charge in [-0.3, -0.25) is 4.79 Å². The minimum Gasteiger partial charge on any atom is -0.334 e. The first-order valence-corrected chi connectivity index (χ1v) is 7.81. The van der Waals surface area contributed by atoms with Crippen LogP contribution in [0.2, 0.25) is 0 Å². The molecule has 2 saturated heterocycles. The summed E-state index contributed by atoms with van der Waals surface area (Å²) in [6.45, 7) is 2.83.